The summed E-state index contributed by atoms with van der Waals surface area (Å²) in [5.74, 6) is -0.790. The summed E-state index contributed by atoms with van der Waals surface area (Å²) in [6, 6.07) is 1.39. The Kier molecular flexibility index (Phi) is 9.61. The van der Waals surface area contributed by atoms with E-state index >= 15 is 0 Å². The second-order valence-electron chi connectivity index (χ2n) is 5.11. The van der Waals surface area contributed by atoms with Crippen LogP contribution in [0.25, 0.3) is 12.7 Å². The predicted octanol–water partition coefficient (Wildman–Crippen LogP) is 0.986. The number of hydrogen-bond donors (Lipinski definition) is 1. The van der Waals surface area contributed by atoms with Crippen molar-refractivity contribution >= 4 is 18.6 Å². The van der Waals surface area contributed by atoms with Gasteiger partial charge in [-0.15, -0.1) is 0 Å². The van der Waals surface area contributed by atoms with Crippen LogP contribution in [-0.4, -0.2) is 36.5 Å². The van der Waals surface area contributed by atoms with E-state index in [1.807, 2.05) is 6.92 Å². The number of allylic oxidation sites excluding steroid dienone is 2. The Morgan fingerprint density at radius 1 is 1.42 bits per heavy atom. The molecular formula is C18H26O6. The minimum atomic E-state index is -0.796. The molecule has 1 aromatic heterocycles. The Morgan fingerprint density at radius 2 is 2.08 bits per heavy atom. The second-order valence-corrected chi connectivity index (χ2v) is 5.11. The number of aliphatic hydroxyl groups excluding tert-OH is 1. The first kappa shape index (κ1) is 21.8. The minimum absolute atomic E-state index is 0. The molecule has 2 atom stereocenters. The number of carbonyl (C=O) groups excluding carboxylic acids is 1. The Labute approximate surface area is 141 Å². The maximum absolute atomic E-state index is 12.0. The Hall–Kier alpha value is -2.18. The molecule has 1 aromatic rings. The van der Waals surface area contributed by atoms with Gasteiger partial charge in [-0.05, 0) is 26.8 Å². The number of hydrogen-bond acceptors (Lipinski definition) is 6. The SMILES string of the molecule is C.C=c1oc(=O)c(C(=O)OCC(C)OCC(C)O)c/c1=C/C=C\C. The molecule has 0 spiro atoms. The maximum Gasteiger partial charge on any atom is 0.350 e. The van der Waals surface area contributed by atoms with Crippen LogP contribution in [0.15, 0.2) is 27.4 Å². The molecule has 0 amide bonds. The zero-order chi connectivity index (χ0) is 17.4. The van der Waals surface area contributed by atoms with E-state index in [9.17, 15) is 9.59 Å². The second kappa shape index (κ2) is 10.6. The van der Waals surface area contributed by atoms with E-state index in [1.54, 1.807) is 32.1 Å². The fourth-order valence-corrected chi connectivity index (χ4v) is 1.63. The number of esters is 1. The van der Waals surface area contributed by atoms with Crippen molar-refractivity contribution in [3.05, 3.63) is 44.8 Å². The highest BCUT2D eigenvalue weighted by Crippen LogP contribution is 1.98. The molecule has 1 heterocycles. The van der Waals surface area contributed by atoms with E-state index < -0.39 is 23.8 Å². The summed E-state index contributed by atoms with van der Waals surface area (Å²) in [4.78, 5) is 23.8. The molecule has 0 aliphatic carbocycles. The fourth-order valence-electron chi connectivity index (χ4n) is 1.63. The fraction of sp³-hybridized carbons (Fsp3) is 0.444. The standard InChI is InChI=1S/C17H22O6.CH4/c1-5-6-7-14-8-15(17(20)23-13(14)4)16(19)22-10-12(3)21-9-11(2)18;/h5-8,11-12,18H,4,9-10H2,1-3H3;1H4/b6-5-,14-7-;. The lowest BCUT2D eigenvalue weighted by molar-refractivity contribution is -0.0279. The molecule has 134 valence electrons. The molecule has 6 heteroatoms. The Balaban J connectivity index is 0.00000529. The van der Waals surface area contributed by atoms with Crippen molar-refractivity contribution in [2.45, 2.75) is 40.4 Å². The molecule has 0 aromatic carbocycles. The van der Waals surface area contributed by atoms with E-state index in [1.165, 1.54) is 6.07 Å². The van der Waals surface area contributed by atoms with Crippen molar-refractivity contribution in [1.29, 1.82) is 0 Å². The molecule has 1 rings (SSSR count). The topological polar surface area (TPSA) is 86.0 Å². The van der Waals surface area contributed by atoms with Crippen molar-refractivity contribution < 1.29 is 23.8 Å². The van der Waals surface area contributed by atoms with Crippen molar-refractivity contribution in [2.75, 3.05) is 13.2 Å². The zero-order valence-corrected chi connectivity index (χ0v) is 13.6. The molecule has 0 radical (unpaired) electrons. The Morgan fingerprint density at radius 3 is 2.67 bits per heavy atom. The maximum atomic E-state index is 12.0. The van der Waals surface area contributed by atoms with Gasteiger partial charge in [0, 0.05) is 5.22 Å². The molecule has 0 saturated carbocycles. The highest BCUT2D eigenvalue weighted by atomic mass is 16.6. The van der Waals surface area contributed by atoms with E-state index in [4.69, 9.17) is 19.0 Å². The Bertz CT molecular complexity index is 714. The highest BCUT2D eigenvalue weighted by molar-refractivity contribution is 5.88. The molecule has 24 heavy (non-hydrogen) atoms. The van der Waals surface area contributed by atoms with Gasteiger partial charge in [-0.3, -0.25) is 0 Å². The van der Waals surface area contributed by atoms with Crippen LogP contribution in [0.4, 0.5) is 0 Å². The molecule has 0 aliphatic rings. The van der Waals surface area contributed by atoms with Crippen LogP contribution in [0, 0.1) is 0 Å². The molecule has 0 bridgehead atoms. The van der Waals surface area contributed by atoms with Gasteiger partial charge >= 0.3 is 11.6 Å². The van der Waals surface area contributed by atoms with Gasteiger partial charge in [0.15, 0.2) is 0 Å². The molecular weight excluding hydrogens is 312 g/mol. The van der Waals surface area contributed by atoms with Gasteiger partial charge in [0.05, 0.1) is 18.8 Å². The van der Waals surface area contributed by atoms with Gasteiger partial charge in [-0.25, -0.2) is 9.59 Å². The minimum Gasteiger partial charge on any atom is -0.459 e. The van der Waals surface area contributed by atoms with Crippen molar-refractivity contribution in [3.63, 3.8) is 0 Å². The van der Waals surface area contributed by atoms with Gasteiger partial charge < -0.3 is 19.0 Å². The van der Waals surface area contributed by atoms with Crippen LogP contribution < -0.4 is 16.3 Å². The third-order valence-electron chi connectivity index (χ3n) is 2.82. The molecule has 6 nitrogen and oxygen atoms in total. The zero-order valence-electron chi connectivity index (χ0n) is 13.6. The summed E-state index contributed by atoms with van der Waals surface area (Å²) in [5.41, 5.74) is -0.815. The van der Waals surface area contributed by atoms with Crippen LogP contribution in [0.3, 0.4) is 0 Å². The van der Waals surface area contributed by atoms with Crippen LogP contribution in [0.2, 0.25) is 0 Å². The quantitative estimate of drug-likeness (QED) is 0.746. The number of ether oxygens (including phenoxy) is 2. The van der Waals surface area contributed by atoms with Crippen LogP contribution in [-0.2, 0) is 9.47 Å². The summed E-state index contributed by atoms with van der Waals surface area (Å²) < 4.78 is 15.3. The monoisotopic (exact) mass is 338 g/mol. The van der Waals surface area contributed by atoms with Crippen molar-refractivity contribution in [2.24, 2.45) is 0 Å². The van der Waals surface area contributed by atoms with Gasteiger partial charge in [0.1, 0.15) is 17.6 Å². The normalized spacial score (nSPS) is 14.2. The summed E-state index contributed by atoms with van der Waals surface area (Å²) in [6.07, 6.45) is 4.21. The average Bonchev–Trinajstić information content (AvgIpc) is 2.49. The van der Waals surface area contributed by atoms with Crippen molar-refractivity contribution in [1.82, 2.24) is 0 Å². The van der Waals surface area contributed by atoms with E-state index in [0.717, 1.165) is 0 Å². The van der Waals surface area contributed by atoms with Crippen LogP contribution in [0.5, 0.6) is 0 Å². The summed E-state index contributed by atoms with van der Waals surface area (Å²) in [7, 11) is 0. The molecule has 1 N–H and O–H groups in total. The first-order valence-electron chi connectivity index (χ1n) is 7.28. The number of aliphatic hydroxyl groups is 1. The molecule has 0 aliphatic heterocycles. The largest absolute Gasteiger partial charge is 0.459 e. The van der Waals surface area contributed by atoms with Gasteiger partial charge in [-0.1, -0.05) is 32.2 Å². The first-order chi connectivity index (χ1) is 10.8. The summed E-state index contributed by atoms with van der Waals surface area (Å²) in [5, 5.41) is 9.64. The van der Waals surface area contributed by atoms with Crippen LogP contribution >= 0.6 is 0 Å². The number of rotatable bonds is 7. The van der Waals surface area contributed by atoms with E-state index in [2.05, 4.69) is 6.58 Å². The molecule has 0 fully saturated rings. The molecule has 0 saturated heterocycles. The smallest absolute Gasteiger partial charge is 0.350 e. The van der Waals surface area contributed by atoms with Gasteiger partial charge in [-0.2, -0.15) is 0 Å². The lowest BCUT2D eigenvalue weighted by atomic mass is 10.2. The lowest BCUT2D eigenvalue weighted by Crippen LogP contribution is -2.32. The first-order valence-corrected chi connectivity index (χ1v) is 7.28. The van der Waals surface area contributed by atoms with E-state index in [0.29, 0.717) is 5.22 Å². The third-order valence-corrected chi connectivity index (χ3v) is 2.82. The van der Waals surface area contributed by atoms with Crippen LogP contribution in [0.1, 0.15) is 38.6 Å². The van der Waals surface area contributed by atoms with Gasteiger partial charge in [0.2, 0.25) is 0 Å². The number of carbonyl (C=O) groups is 1. The molecule has 2 unspecified atom stereocenters. The third kappa shape index (κ3) is 6.93. The average molecular weight is 338 g/mol. The van der Waals surface area contributed by atoms with Gasteiger partial charge in [0.25, 0.3) is 0 Å². The highest BCUT2D eigenvalue weighted by Gasteiger charge is 2.15. The predicted molar refractivity (Wildman–Crippen MR) is 93.1 cm³/mol. The summed E-state index contributed by atoms with van der Waals surface area (Å²) >= 11 is 0. The van der Waals surface area contributed by atoms with Crippen molar-refractivity contribution in [3.8, 4) is 0 Å². The van der Waals surface area contributed by atoms with E-state index in [-0.39, 0.29) is 31.6 Å². The summed E-state index contributed by atoms with van der Waals surface area (Å²) in [6.45, 7) is 8.85. The lowest BCUT2D eigenvalue weighted by Gasteiger charge is -2.14.